The van der Waals surface area contributed by atoms with Crippen LogP contribution < -0.4 is 4.90 Å². The lowest BCUT2D eigenvalue weighted by molar-refractivity contribution is -0.114. The van der Waals surface area contributed by atoms with Crippen LogP contribution in [0.1, 0.15) is 6.42 Å². The number of hydrogen-bond acceptors (Lipinski definition) is 1. The lowest BCUT2D eigenvalue weighted by Crippen LogP contribution is -2.24. The van der Waals surface area contributed by atoms with E-state index in [1.165, 1.54) is 0 Å². The second kappa shape index (κ2) is 3.58. The number of amides is 1. The summed E-state index contributed by atoms with van der Waals surface area (Å²) in [6, 6.07) is 7.74. The first-order valence-corrected chi connectivity index (χ1v) is 5.23. The molecule has 0 bridgehead atoms. The van der Waals surface area contributed by atoms with Crippen LogP contribution >= 0.6 is 15.9 Å². The van der Waals surface area contributed by atoms with Gasteiger partial charge in [-0.1, -0.05) is 28.6 Å². The summed E-state index contributed by atoms with van der Waals surface area (Å²) in [4.78, 5) is 13.4. The van der Waals surface area contributed by atoms with Crippen LogP contribution in [0.5, 0.6) is 0 Å². The van der Waals surface area contributed by atoms with Gasteiger partial charge in [0.25, 0.3) is 5.91 Å². The molecule has 0 aromatic heterocycles. The van der Waals surface area contributed by atoms with Gasteiger partial charge >= 0.3 is 0 Å². The Morgan fingerprint density at radius 2 is 2.21 bits per heavy atom. The quantitative estimate of drug-likeness (QED) is 0.704. The van der Waals surface area contributed by atoms with Gasteiger partial charge in [0, 0.05) is 22.3 Å². The van der Waals surface area contributed by atoms with Crippen molar-refractivity contribution in [3.8, 4) is 0 Å². The molecule has 0 saturated carbocycles. The van der Waals surface area contributed by atoms with Crippen molar-refractivity contribution in [3.63, 3.8) is 0 Å². The topological polar surface area (TPSA) is 20.3 Å². The van der Waals surface area contributed by atoms with E-state index in [0.717, 1.165) is 23.1 Å². The van der Waals surface area contributed by atoms with Gasteiger partial charge in [0.05, 0.1) is 0 Å². The lowest BCUT2D eigenvalue weighted by atomic mass is 10.3. The minimum Gasteiger partial charge on any atom is -0.308 e. The Balaban J connectivity index is 2.32. The first-order valence-electron chi connectivity index (χ1n) is 4.44. The van der Waals surface area contributed by atoms with Gasteiger partial charge in [-0.3, -0.25) is 4.79 Å². The fourth-order valence-electron chi connectivity index (χ4n) is 1.54. The molecule has 14 heavy (non-hydrogen) atoms. The average Bonchev–Trinajstić information content (AvgIpc) is 2.48. The summed E-state index contributed by atoms with van der Waals surface area (Å²) in [5.74, 6) is 0.0445. The normalized spacial score (nSPS) is 16.5. The number of anilines is 1. The fraction of sp³-hybridized carbons (Fsp3) is 0.182. The summed E-state index contributed by atoms with van der Waals surface area (Å²) in [5.41, 5.74) is 1.63. The molecule has 1 aromatic rings. The molecule has 0 atom stereocenters. The first-order chi connectivity index (χ1) is 6.68. The van der Waals surface area contributed by atoms with E-state index in [-0.39, 0.29) is 5.91 Å². The predicted octanol–water partition coefficient (Wildman–Crippen LogP) is 2.74. The number of carbonyl (C=O) groups excluding carboxylic acids is 1. The van der Waals surface area contributed by atoms with Crippen molar-refractivity contribution in [2.45, 2.75) is 6.42 Å². The molecule has 2 nitrogen and oxygen atoms in total. The van der Waals surface area contributed by atoms with Crippen LogP contribution in [0.4, 0.5) is 5.69 Å². The Morgan fingerprint density at radius 1 is 1.43 bits per heavy atom. The maximum Gasteiger partial charge on any atom is 0.253 e. The van der Waals surface area contributed by atoms with Crippen LogP contribution in [-0.4, -0.2) is 12.5 Å². The summed E-state index contributed by atoms with van der Waals surface area (Å²) in [7, 11) is 0. The molecule has 1 amide bonds. The van der Waals surface area contributed by atoms with E-state index >= 15 is 0 Å². The van der Waals surface area contributed by atoms with E-state index < -0.39 is 0 Å². The Bertz CT molecular complexity index is 400. The summed E-state index contributed by atoms with van der Waals surface area (Å²) in [6.45, 7) is 4.47. The van der Waals surface area contributed by atoms with E-state index in [1.807, 2.05) is 24.3 Å². The number of hydrogen-bond donors (Lipinski definition) is 0. The van der Waals surface area contributed by atoms with Gasteiger partial charge in [-0.05, 0) is 24.6 Å². The highest BCUT2D eigenvalue weighted by atomic mass is 79.9. The Kier molecular flexibility index (Phi) is 2.42. The van der Waals surface area contributed by atoms with E-state index in [1.54, 1.807) is 4.90 Å². The Morgan fingerprint density at radius 3 is 2.79 bits per heavy atom. The smallest absolute Gasteiger partial charge is 0.253 e. The van der Waals surface area contributed by atoms with Crippen molar-refractivity contribution in [2.24, 2.45) is 0 Å². The maximum atomic E-state index is 11.6. The zero-order valence-corrected chi connectivity index (χ0v) is 9.25. The van der Waals surface area contributed by atoms with Crippen molar-refractivity contribution in [1.29, 1.82) is 0 Å². The molecule has 1 aromatic carbocycles. The van der Waals surface area contributed by atoms with Gasteiger partial charge in [-0.15, -0.1) is 0 Å². The number of benzene rings is 1. The molecule has 3 heteroatoms. The summed E-state index contributed by atoms with van der Waals surface area (Å²) in [6.07, 6.45) is 0.769. The molecular formula is C11H10BrNO. The van der Waals surface area contributed by atoms with Gasteiger partial charge in [-0.2, -0.15) is 0 Å². The van der Waals surface area contributed by atoms with Crippen LogP contribution in [0.25, 0.3) is 0 Å². The Hall–Kier alpha value is -1.09. The van der Waals surface area contributed by atoms with E-state index in [9.17, 15) is 4.79 Å². The standard InChI is InChI=1S/C11H10BrNO/c1-8-5-6-13(11(8)14)10-4-2-3-9(12)7-10/h2-4,7H,1,5-6H2. The SMILES string of the molecule is C=C1CCN(c2cccc(Br)c2)C1=O. The highest BCUT2D eigenvalue weighted by molar-refractivity contribution is 9.10. The monoisotopic (exact) mass is 251 g/mol. The van der Waals surface area contributed by atoms with E-state index in [4.69, 9.17) is 0 Å². The second-order valence-electron chi connectivity index (χ2n) is 3.29. The molecule has 0 radical (unpaired) electrons. The van der Waals surface area contributed by atoms with Crippen LogP contribution in [0, 0.1) is 0 Å². The number of nitrogens with zero attached hydrogens (tertiary/aromatic N) is 1. The summed E-state index contributed by atoms with van der Waals surface area (Å²) >= 11 is 3.38. The molecule has 0 aliphatic carbocycles. The van der Waals surface area contributed by atoms with Crippen LogP contribution in [0.3, 0.4) is 0 Å². The molecule has 1 heterocycles. The van der Waals surface area contributed by atoms with Gasteiger partial charge in [-0.25, -0.2) is 0 Å². The van der Waals surface area contributed by atoms with Crippen molar-refractivity contribution >= 4 is 27.5 Å². The largest absolute Gasteiger partial charge is 0.308 e. The predicted molar refractivity (Wildman–Crippen MR) is 60.3 cm³/mol. The molecule has 1 aliphatic heterocycles. The van der Waals surface area contributed by atoms with Gasteiger partial charge in [0.15, 0.2) is 0 Å². The van der Waals surface area contributed by atoms with Gasteiger partial charge < -0.3 is 4.90 Å². The molecule has 0 unspecified atom stereocenters. The zero-order chi connectivity index (χ0) is 10.1. The van der Waals surface area contributed by atoms with Gasteiger partial charge in [0.2, 0.25) is 0 Å². The second-order valence-corrected chi connectivity index (χ2v) is 4.21. The molecule has 0 N–H and O–H groups in total. The van der Waals surface area contributed by atoms with Crippen LogP contribution in [-0.2, 0) is 4.79 Å². The summed E-state index contributed by atoms with van der Waals surface area (Å²) < 4.78 is 0.986. The molecule has 2 rings (SSSR count). The van der Waals surface area contributed by atoms with Crippen molar-refractivity contribution in [3.05, 3.63) is 40.9 Å². The van der Waals surface area contributed by atoms with Crippen molar-refractivity contribution in [1.82, 2.24) is 0 Å². The minimum atomic E-state index is 0.0445. The number of halogens is 1. The van der Waals surface area contributed by atoms with Gasteiger partial charge in [0.1, 0.15) is 0 Å². The third kappa shape index (κ3) is 1.60. The third-order valence-corrected chi connectivity index (χ3v) is 2.80. The first kappa shape index (κ1) is 9.46. The number of carbonyl (C=O) groups is 1. The van der Waals surface area contributed by atoms with E-state index in [2.05, 4.69) is 22.5 Å². The van der Waals surface area contributed by atoms with Crippen molar-refractivity contribution in [2.75, 3.05) is 11.4 Å². The van der Waals surface area contributed by atoms with Crippen molar-refractivity contribution < 1.29 is 4.79 Å². The summed E-state index contributed by atoms with van der Waals surface area (Å²) in [5, 5.41) is 0. The minimum absolute atomic E-state index is 0.0445. The highest BCUT2D eigenvalue weighted by Gasteiger charge is 2.25. The average molecular weight is 252 g/mol. The molecule has 72 valence electrons. The molecular weight excluding hydrogens is 242 g/mol. The Labute approximate surface area is 91.3 Å². The van der Waals surface area contributed by atoms with Crippen LogP contribution in [0.2, 0.25) is 0 Å². The fourth-order valence-corrected chi connectivity index (χ4v) is 1.92. The maximum absolute atomic E-state index is 11.6. The molecule has 1 fully saturated rings. The third-order valence-electron chi connectivity index (χ3n) is 2.30. The number of rotatable bonds is 1. The molecule has 1 saturated heterocycles. The highest BCUT2D eigenvalue weighted by Crippen LogP contribution is 2.25. The van der Waals surface area contributed by atoms with Crippen LogP contribution in [0.15, 0.2) is 40.9 Å². The molecule has 1 aliphatic rings. The zero-order valence-electron chi connectivity index (χ0n) is 7.66. The lowest BCUT2D eigenvalue weighted by Gasteiger charge is -2.15. The van der Waals surface area contributed by atoms with E-state index in [0.29, 0.717) is 5.57 Å². The molecule has 0 spiro atoms.